The van der Waals surface area contributed by atoms with Crippen LogP contribution in [0, 0.1) is 0 Å². The average molecular weight is 411 g/mol. The molecule has 6 nitrogen and oxygen atoms in total. The first-order valence-corrected chi connectivity index (χ1v) is 11.8. The summed E-state index contributed by atoms with van der Waals surface area (Å²) < 4.78 is 0. The average Bonchev–Trinajstić information content (AvgIpc) is 3.19. The van der Waals surface area contributed by atoms with Crippen LogP contribution < -0.4 is 5.32 Å². The zero-order valence-electron chi connectivity index (χ0n) is 18.4. The Bertz CT molecular complexity index is 481. The van der Waals surface area contributed by atoms with Gasteiger partial charge in [0, 0.05) is 13.0 Å². The predicted molar refractivity (Wildman–Crippen MR) is 116 cm³/mol. The summed E-state index contributed by atoms with van der Waals surface area (Å²) in [6, 6.07) is -0.496. The van der Waals surface area contributed by atoms with E-state index in [1.807, 2.05) is 0 Å². The van der Waals surface area contributed by atoms with Crippen LogP contribution >= 0.6 is 0 Å². The number of carboxylic acids is 1. The van der Waals surface area contributed by atoms with E-state index in [1.165, 1.54) is 70.6 Å². The van der Waals surface area contributed by atoms with Crippen LogP contribution in [0.15, 0.2) is 0 Å². The maximum atomic E-state index is 12.4. The number of unbranched alkanes of at least 4 members (excludes halogenated alkanes) is 12. The molecule has 1 aliphatic rings. The number of carbonyl (C=O) groups excluding carboxylic acids is 2. The topological polar surface area (TPSA) is 86.7 Å². The molecule has 0 bridgehead atoms. The van der Waals surface area contributed by atoms with Crippen LogP contribution in [-0.4, -0.2) is 46.9 Å². The zero-order valence-corrected chi connectivity index (χ0v) is 18.4. The van der Waals surface area contributed by atoms with Gasteiger partial charge < -0.3 is 15.3 Å². The van der Waals surface area contributed by atoms with Crippen LogP contribution in [0.4, 0.5) is 0 Å². The second kappa shape index (κ2) is 16.2. The van der Waals surface area contributed by atoms with Crippen LogP contribution in [0.5, 0.6) is 0 Å². The van der Waals surface area contributed by atoms with E-state index in [2.05, 4.69) is 12.2 Å². The lowest BCUT2D eigenvalue weighted by Gasteiger charge is -2.23. The van der Waals surface area contributed by atoms with E-state index >= 15 is 0 Å². The predicted octanol–water partition coefficient (Wildman–Crippen LogP) is 4.66. The summed E-state index contributed by atoms with van der Waals surface area (Å²) in [5.41, 5.74) is 0. The van der Waals surface area contributed by atoms with Gasteiger partial charge in [-0.05, 0) is 19.3 Å². The zero-order chi connectivity index (χ0) is 21.3. The number of nitrogens with one attached hydrogen (secondary N) is 1. The standard InChI is InChI=1S/C23H42N2O4/c1-2-3-4-5-6-7-8-9-10-11-12-13-14-17-21(26)25-18-15-16-20(25)23(29)24-19-22(27)28/h20H,2-19H2,1H3,(H,24,29)(H,27,28). The van der Waals surface area contributed by atoms with Gasteiger partial charge in [-0.1, -0.05) is 84.0 Å². The first kappa shape index (κ1) is 25.4. The number of carboxylic acid groups (broad SMARTS) is 1. The molecule has 1 fully saturated rings. The lowest BCUT2D eigenvalue weighted by Crippen LogP contribution is -2.47. The van der Waals surface area contributed by atoms with E-state index in [-0.39, 0.29) is 11.8 Å². The molecule has 168 valence electrons. The van der Waals surface area contributed by atoms with Crippen molar-refractivity contribution >= 4 is 17.8 Å². The molecule has 2 N–H and O–H groups in total. The highest BCUT2D eigenvalue weighted by Gasteiger charge is 2.33. The summed E-state index contributed by atoms with van der Waals surface area (Å²) in [5, 5.41) is 11.1. The second-order valence-corrected chi connectivity index (χ2v) is 8.35. The Labute approximate surface area is 176 Å². The normalized spacial score (nSPS) is 16.2. The molecule has 1 unspecified atom stereocenters. The van der Waals surface area contributed by atoms with Crippen LogP contribution in [-0.2, 0) is 14.4 Å². The minimum absolute atomic E-state index is 0.0287. The van der Waals surface area contributed by atoms with Crippen LogP contribution in [0.25, 0.3) is 0 Å². The summed E-state index contributed by atoms with van der Waals surface area (Å²) in [7, 11) is 0. The summed E-state index contributed by atoms with van der Waals surface area (Å²) in [5.74, 6) is -1.38. The van der Waals surface area contributed by atoms with Gasteiger partial charge in [-0.15, -0.1) is 0 Å². The highest BCUT2D eigenvalue weighted by Crippen LogP contribution is 2.20. The van der Waals surface area contributed by atoms with Gasteiger partial charge in [0.15, 0.2) is 0 Å². The fourth-order valence-corrected chi connectivity index (χ4v) is 4.06. The molecule has 0 aliphatic carbocycles. The van der Waals surface area contributed by atoms with Gasteiger partial charge in [0.2, 0.25) is 11.8 Å². The number of hydrogen-bond acceptors (Lipinski definition) is 3. The van der Waals surface area contributed by atoms with Crippen molar-refractivity contribution in [2.24, 2.45) is 0 Å². The molecule has 1 aliphatic heterocycles. The molecule has 1 rings (SSSR count). The SMILES string of the molecule is CCCCCCCCCCCCCCCC(=O)N1CCCC1C(=O)NCC(=O)O. The third-order valence-corrected chi connectivity index (χ3v) is 5.78. The molecule has 0 spiro atoms. The van der Waals surface area contributed by atoms with E-state index in [4.69, 9.17) is 5.11 Å². The molecular weight excluding hydrogens is 368 g/mol. The Balaban J connectivity index is 2.02. The molecule has 1 heterocycles. The fourth-order valence-electron chi connectivity index (χ4n) is 4.06. The maximum Gasteiger partial charge on any atom is 0.322 e. The van der Waals surface area contributed by atoms with Gasteiger partial charge in [-0.2, -0.15) is 0 Å². The Morgan fingerprint density at radius 3 is 1.90 bits per heavy atom. The van der Waals surface area contributed by atoms with Crippen molar-refractivity contribution in [1.82, 2.24) is 10.2 Å². The van der Waals surface area contributed by atoms with Crippen molar-refractivity contribution in [3.63, 3.8) is 0 Å². The molecule has 1 saturated heterocycles. The number of aliphatic carboxylic acids is 1. The van der Waals surface area contributed by atoms with Crippen molar-refractivity contribution in [2.45, 2.75) is 116 Å². The largest absolute Gasteiger partial charge is 0.480 e. The van der Waals surface area contributed by atoms with Crippen molar-refractivity contribution in [2.75, 3.05) is 13.1 Å². The number of hydrogen-bond donors (Lipinski definition) is 2. The number of rotatable bonds is 17. The molecule has 0 radical (unpaired) electrons. The van der Waals surface area contributed by atoms with Crippen LogP contribution in [0.3, 0.4) is 0 Å². The lowest BCUT2D eigenvalue weighted by molar-refractivity contribution is -0.141. The summed E-state index contributed by atoms with van der Waals surface area (Å²) in [6.45, 7) is 2.46. The van der Waals surface area contributed by atoms with Gasteiger partial charge in [0.05, 0.1) is 0 Å². The van der Waals surface area contributed by atoms with Crippen molar-refractivity contribution in [3.8, 4) is 0 Å². The van der Waals surface area contributed by atoms with Gasteiger partial charge >= 0.3 is 5.97 Å². The van der Waals surface area contributed by atoms with E-state index < -0.39 is 18.6 Å². The van der Waals surface area contributed by atoms with E-state index in [0.29, 0.717) is 19.4 Å². The summed E-state index contributed by atoms with van der Waals surface area (Å²) in [4.78, 5) is 36.7. The maximum absolute atomic E-state index is 12.4. The quantitative estimate of drug-likeness (QED) is 0.341. The molecule has 0 saturated carbocycles. The van der Waals surface area contributed by atoms with Crippen LogP contribution in [0.2, 0.25) is 0 Å². The minimum Gasteiger partial charge on any atom is -0.480 e. The Morgan fingerprint density at radius 2 is 1.38 bits per heavy atom. The molecule has 0 aromatic carbocycles. The van der Waals surface area contributed by atoms with Crippen molar-refractivity contribution in [1.29, 1.82) is 0 Å². The Kier molecular flexibility index (Phi) is 14.2. The van der Waals surface area contributed by atoms with Crippen molar-refractivity contribution in [3.05, 3.63) is 0 Å². The summed E-state index contributed by atoms with van der Waals surface area (Å²) >= 11 is 0. The van der Waals surface area contributed by atoms with E-state index in [1.54, 1.807) is 4.90 Å². The molecule has 1 atom stereocenters. The van der Waals surface area contributed by atoms with Gasteiger partial charge in [0.25, 0.3) is 0 Å². The molecule has 6 heteroatoms. The smallest absolute Gasteiger partial charge is 0.322 e. The van der Waals surface area contributed by atoms with Crippen molar-refractivity contribution < 1.29 is 19.5 Å². The summed E-state index contributed by atoms with van der Waals surface area (Å²) in [6.07, 6.45) is 18.4. The number of nitrogens with zero attached hydrogens (tertiary/aromatic N) is 1. The second-order valence-electron chi connectivity index (χ2n) is 8.35. The number of amides is 2. The monoisotopic (exact) mass is 410 g/mol. The third-order valence-electron chi connectivity index (χ3n) is 5.78. The fraction of sp³-hybridized carbons (Fsp3) is 0.870. The van der Waals surface area contributed by atoms with E-state index in [9.17, 15) is 14.4 Å². The first-order valence-electron chi connectivity index (χ1n) is 11.8. The minimum atomic E-state index is -1.07. The molecule has 2 amide bonds. The Hall–Kier alpha value is -1.59. The van der Waals surface area contributed by atoms with Gasteiger partial charge in [0.1, 0.15) is 12.6 Å². The highest BCUT2D eigenvalue weighted by molar-refractivity contribution is 5.89. The lowest BCUT2D eigenvalue weighted by atomic mass is 10.0. The molecular formula is C23H42N2O4. The first-order chi connectivity index (χ1) is 14.1. The third kappa shape index (κ3) is 11.9. The number of carbonyl (C=O) groups is 3. The molecule has 0 aromatic heterocycles. The molecule has 0 aromatic rings. The molecule has 29 heavy (non-hydrogen) atoms. The van der Waals surface area contributed by atoms with Gasteiger partial charge in [-0.3, -0.25) is 14.4 Å². The number of likely N-dealkylation sites (tertiary alicyclic amines) is 1. The Morgan fingerprint density at radius 1 is 0.862 bits per heavy atom. The van der Waals surface area contributed by atoms with E-state index in [0.717, 1.165) is 19.3 Å². The van der Waals surface area contributed by atoms with Crippen LogP contribution in [0.1, 0.15) is 110 Å². The highest BCUT2D eigenvalue weighted by atomic mass is 16.4. The van der Waals surface area contributed by atoms with Gasteiger partial charge in [-0.25, -0.2) is 0 Å².